The maximum absolute atomic E-state index is 13.5. The van der Waals surface area contributed by atoms with Crippen LogP contribution in [0.15, 0.2) is 112 Å². The van der Waals surface area contributed by atoms with Crippen LogP contribution >= 0.6 is 11.8 Å². The van der Waals surface area contributed by atoms with Crippen molar-refractivity contribution in [3.05, 3.63) is 118 Å². The number of amides is 1. The van der Waals surface area contributed by atoms with Gasteiger partial charge in [-0.1, -0.05) is 60.7 Å². The number of ether oxygens (including phenoxy) is 1. The van der Waals surface area contributed by atoms with E-state index in [-0.39, 0.29) is 11.7 Å². The van der Waals surface area contributed by atoms with Crippen molar-refractivity contribution in [1.82, 2.24) is 4.90 Å². The number of nitrogens with two attached hydrogens (primary N) is 1. The number of aliphatic imine (C=N–C) groups is 1. The molecular formula is C28H23N5O2S. The number of anilines is 1. The van der Waals surface area contributed by atoms with Crippen molar-refractivity contribution in [1.29, 1.82) is 5.26 Å². The summed E-state index contributed by atoms with van der Waals surface area (Å²) in [6.45, 7) is 2.25. The van der Waals surface area contributed by atoms with Gasteiger partial charge in [0.05, 0.1) is 17.3 Å². The second-order valence-corrected chi connectivity index (χ2v) is 9.24. The van der Waals surface area contributed by atoms with Gasteiger partial charge in [-0.15, -0.1) is 0 Å². The zero-order chi connectivity index (χ0) is 25.1. The van der Waals surface area contributed by atoms with Crippen molar-refractivity contribution in [2.45, 2.75) is 19.6 Å². The molecule has 0 aromatic heterocycles. The lowest BCUT2D eigenvalue weighted by Gasteiger charge is -2.35. The summed E-state index contributed by atoms with van der Waals surface area (Å²) < 4.78 is 5.94. The molecule has 36 heavy (non-hydrogen) atoms. The van der Waals surface area contributed by atoms with Crippen LogP contribution in [0.4, 0.5) is 5.69 Å². The fourth-order valence-electron chi connectivity index (χ4n) is 4.15. The van der Waals surface area contributed by atoms with Crippen LogP contribution in [0.5, 0.6) is 5.75 Å². The number of hydrogen-bond acceptors (Lipinski definition) is 7. The highest BCUT2D eigenvalue weighted by molar-refractivity contribution is 8.17. The number of hydrogen-bond donors (Lipinski definition) is 2. The van der Waals surface area contributed by atoms with Crippen LogP contribution in [0.2, 0.25) is 0 Å². The third kappa shape index (κ3) is 4.57. The van der Waals surface area contributed by atoms with Crippen molar-refractivity contribution < 1.29 is 9.53 Å². The molecule has 178 valence electrons. The van der Waals surface area contributed by atoms with Crippen LogP contribution in [0, 0.1) is 11.3 Å². The van der Waals surface area contributed by atoms with Gasteiger partial charge in [-0.3, -0.25) is 9.69 Å². The van der Waals surface area contributed by atoms with Crippen molar-refractivity contribution in [3.63, 3.8) is 0 Å². The molecule has 3 N–H and O–H groups in total. The molecule has 2 aliphatic heterocycles. The second-order valence-electron chi connectivity index (χ2n) is 8.26. The largest absolute Gasteiger partial charge is 0.489 e. The van der Waals surface area contributed by atoms with Gasteiger partial charge in [-0.05, 0) is 54.1 Å². The molecule has 3 aromatic rings. The standard InChI is InChI=1S/C28H23N5O2S/c1-18-24(27(34)32-21-10-6-3-7-11-21)25(33-26(30)23(16-29)36-28(33)31-18)20-12-14-22(15-13-20)35-17-19-8-4-2-5-9-19/h2-15,25H,17,30H2,1H3,(H,32,34)/t25-/m0/s1. The van der Waals surface area contributed by atoms with Crippen LogP contribution < -0.4 is 15.8 Å². The predicted molar refractivity (Wildman–Crippen MR) is 141 cm³/mol. The molecule has 8 heteroatoms. The van der Waals surface area contributed by atoms with Crippen LogP contribution in [-0.4, -0.2) is 16.0 Å². The number of carbonyl (C=O) groups is 1. The van der Waals surface area contributed by atoms with Gasteiger partial charge in [-0.2, -0.15) is 5.26 Å². The number of allylic oxidation sites excluding steroid dienone is 2. The molecule has 0 bridgehead atoms. The summed E-state index contributed by atoms with van der Waals surface area (Å²) in [6, 6.07) is 28.4. The summed E-state index contributed by atoms with van der Waals surface area (Å²) in [5, 5.41) is 13.1. The Kier molecular flexibility index (Phi) is 6.48. The molecule has 2 aliphatic rings. The van der Waals surface area contributed by atoms with Gasteiger partial charge in [0.15, 0.2) is 5.17 Å². The molecule has 3 aromatic carbocycles. The van der Waals surface area contributed by atoms with E-state index in [4.69, 9.17) is 10.5 Å². The second kappa shape index (κ2) is 10.0. The van der Waals surface area contributed by atoms with E-state index in [1.165, 1.54) is 11.8 Å². The summed E-state index contributed by atoms with van der Waals surface area (Å²) in [7, 11) is 0. The zero-order valence-electron chi connectivity index (χ0n) is 19.5. The lowest BCUT2D eigenvalue weighted by atomic mass is 9.93. The fraction of sp³-hybridized carbons (Fsp3) is 0.107. The first-order chi connectivity index (χ1) is 17.5. The Hall–Kier alpha value is -4.48. The normalized spacial score (nSPS) is 16.8. The van der Waals surface area contributed by atoms with E-state index in [9.17, 15) is 10.1 Å². The lowest BCUT2D eigenvalue weighted by molar-refractivity contribution is -0.113. The van der Waals surface area contributed by atoms with Gasteiger partial charge in [-0.25, -0.2) is 4.99 Å². The number of nitrogens with zero attached hydrogens (tertiary/aromatic N) is 3. The Labute approximate surface area is 213 Å². The molecule has 1 amide bonds. The first-order valence-electron chi connectivity index (χ1n) is 11.3. The van der Waals surface area contributed by atoms with Crippen molar-refractivity contribution in [3.8, 4) is 11.8 Å². The highest BCUT2D eigenvalue weighted by atomic mass is 32.2. The molecule has 0 spiro atoms. The summed E-state index contributed by atoms with van der Waals surface area (Å²) in [5.41, 5.74) is 9.99. The van der Waals surface area contributed by atoms with E-state index in [1.54, 1.807) is 11.8 Å². The number of carbonyl (C=O) groups excluding carboxylic acids is 1. The summed E-state index contributed by atoms with van der Waals surface area (Å²) >= 11 is 1.21. The number of thioether (sulfide) groups is 1. The SMILES string of the molecule is CC1=C(C(=O)Nc2ccccc2)[C@H](c2ccc(OCc3ccccc3)cc2)N2C(=N1)SC(C#N)=C2N. The molecule has 0 unspecified atom stereocenters. The summed E-state index contributed by atoms with van der Waals surface area (Å²) in [4.78, 5) is 20.3. The highest BCUT2D eigenvalue weighted by Crippen LogP contribution is 2.45. The molecule has 1 atom stereocenters. The number of rotatable bonds is 6. The number of benzene rings is 3. The van der Waals surface area contributed by atoms with Crippen LogP contribution in [0.3, 0.4) is 0 Å². The average molecular weight is 494 g/mol. The van der Waals surface area contributed by atoms with E-state index >= 15 is 0 Å². The zero-order valence-corrected chi connectivity index (χ0v) is 20.3. The van der Waals surface area contributed by atoms with Crippen molar-refractivity contribution in [2.24, 2.45) is 10.7 Å². The maximum Gasteiger partial charge on any atom is 0.255 e. The Bertz CT molecular complexity index is 1420. The minimum absolute atomic E-state index is 0.279. The number of amidine groups is 1. The monoisotopic (exact) mass is 493 g/mol. The van der Waals surface area contributed by atoms with Gasteiger partial charge in [0.2, 0.25) is 0 Å². The molecular weight excluding hydrogens is 470 g/mol. The predicted octanol–water partition coefficient (Wildman–Crippen LogP) is 5.29. The molecule has 2 heterocycles. The molecule has 0 radical (unpaired) electrons. The third-order valence-electron chi connectivity index (χ3n) is 5.90. The van der Waals surface area contributed by atoms with Gasteiger partial charge >= 0.3 is 0 Å². The maximum atomic E-state index is 13.5. The third-order valence-corrected chi connectivity index (χ3v) is 6.87. The summed E-state index contributed by atoms with van der Waals surface area (Å²) in [6.07, 6.45) is 0. The van der Waals surface area contributed by atoms with Crippen LogP contribution in [0.25, 0.3) is 0 Å². The quantitative estimate of drug-likeness (QED) is 0.484. The van der Waals surface area contributed by atoms with E-state index in [2.05, 4.69) is 16.4 Å². The Morgan fingerprint density at radius 1 is 1.08 bits per heavy atom. The Morgan fingerprint density at radius 3 is 2.42 bits per heavy atom. The number of nitriles is 1. The number of para-hydroxylation sites is 1. The smallest absolute Gasteiger partial charge is 0.255 e. The Balaban J connectivity index is 1.48. The minimum atomic E-state index is -0.553. The van der Waals surface area contributed by atoms with Crippen molar-refractivity contribution in [2.75, 3.05) is 5.32 Å². The number of fused-ring (bicyclic) bond motifs is 1. The fourth-order valence-corrected chi connectivity index (χ4v) is 5.07. The van der Waals surface area contributed by atoms with Gasteiger partial charge in [0.25, 0.3) is 5.91 Å². The molecule has 0 saturated heterocycles. The van der Waals surface area contributed by atoms with E-state index < -0.39 is 6.04 Å². The Morgan fingerprint density at radius 2 is 1.75 bits per heavy atom. The molecule has 0 fully saturated rings. The highest BCUT2D eigenvalue weighted by Gasteiger charge is 2.42. The van der Waals surface area contributed by atoms with E-state index in [0.29, 0.717) is 39.4 Å². The van der Waals surface area contributed by atoms with E-state index in [0.717, 1.165) is 11.1 Å². The van der Waals surface area contributed by atoms with Crippen LogP contribution in [0.1, 0.15) is 24.1 Å². The van der Waals surface area contributed by atoms with Gasteiger partial charge in [0, 0.05) is 5.69 Å². The first kappa shape index (κ1) is 23.3. The van der Waals surface area contributed by atoms with E-state index in [1.807, 2.05) is 84.9 Å². The molecule has 7 nitrogen and oxygen atoms in total. The van der Waals surface area contributed by atoms with Gasteiger partial charge < -0.3 is 15.8 Å². The summed E-state index contributed by atoms with van der Waals surface area (Å²) in [5.74, 6) is 0.715. The van der Waals surface area contributed by atoms with Gasteiger partial charge in [0.1, 0.15) is 29.2 Å². The van der Waals surface area contributed by atoms with Crippen LogP contribution in [-0.2, 0) is 11.4 Å². The topological polar surface area (TPSA) is 104 Å². The van der Waals surface area contributed by atoms with Crippen molar-refractivity contribution >= 4 is 28.5 Å². The molecule has 5 rings (SSSR count). The number of nitrogens with one attached hydrogen (secondary N) is 1. The molecule has 0 saturated carbocycles. The molecule has 0 aliphatic carbocycles. The minimum Gasteiger partial charge on any atom is -0.489 e. The first-order valence-corrected chi connectivity index (χ1v) is 12.2. The average Bonchev–Trinajstić information content (AvgIpc) is 3.22. The lowest BCUT2D eigenvalue weighted by Crippen LogP contribution is -2.39.